The van der Waals surface area contributed by atoms with Crippen LogP contribution in [0.2, 0.25) is 0 Å². The topological polar surface area (TPSA) is 43.3 Å². The molecular weight excluding hydrogens is 532 g/mol. The monoisotopic (exact) mass is 548 g/mol. The van der Waals surface area contributed by atoms with Gasteiger partial charge in [-0.1, -0.05) is 22.0 Å². The van der Waals surface area contributed by atoms with Crippen LogP contribution in [0, 0.1) is 0 Å². The molecule has 0 unspecified atom stereocenters. The average molecular weight is 550 g/mol. The highest BCUT2D eigenvalue weighted by Crippen LogP contribution is 2.51. The highest BCUT2D eigenvalue weighted by atomic mass is 79.9. The van der Waals surface area contributed by atoms with Crippen LogP contribution in [0.15, 0.2) is 61.9 Å². The molecule has 2 aliphatic rings. The molecule has 8 heteroatoms. The first-order valence-electron chi connectivity index (χ1n) is 9.36. The summed E-state index contributed by atoms with van der Waals surface area (Å²) >= 11 is 9.01. The van der Waals surface area contributed by atoms with Crippen LogP contribution in [-0.2, 0) is 0 Å². The summed E-state index contributed by atoms with van der Waals surface area (Å²) in [6, 6.07) is 14.2. The Labute approximate surface area is 195 Å². The van der Waals surface area contributed by atoms with E-state index in [1.807, 2.05) is 24.3 Å². The standard InChI is InChI=1S/C22H18Br2N2O3S/c1-27-18-6-5-12(8-19(18)28-2)22-26-17(11-16(25-26)20-4-3-7-30-20)14-9-13(23)10-15(24)21(14)29-22/h3-10,17,22H,11H2,1-2H3/t17-,22+/m1/s1. The summed E-state index contributed by atoms with van der Waals surface area (Å²) in [6.07, 6.45) is 0.445. The number of rotatable bonds is 4. The van der Waals surface area contributed by atoms with Crippen molar-refractivity contribution in [2.24, 2.45) is 5.10 Å². The fraction of sp³-hybridized carbons (Fsp3) is 0.227. The summed E-state index contributed by atoms with van der Waals surface area (Å²) in [7, 11) is 3.27. The van der Waals surface area contributed by atoms with Crippen molar-refractivity contribution in [3.8, 4) is 17.2 Å². The molecule has 30 heavy (non-hydrogen) atoms. The first kappa shape index (κ1) is 19.9. The third kappa shape index (κ3) is 3.31. The first-order chi connectivity index (χ1) is 14.6. The zero-order chi connectivity index (χ0) is 20.8. The molecular formula is C22H18Br2N2O3S. The number of halogens is 2. The minimum Gasteiger partial charge on any atom is -0.493 e. The molecule has 0 N–H and O–H groups in total. The van der Waals surface area contributed by atoms with E-state index in [-0.39, 0.29) is 12.3 Å². The summed E-state index contributed by atoms with van der Waals surface area (Å²) in [5.74, 6) is 2.20. The maximum absolute atomic E-state index is 6.51. The molecule has 0 amide bonds. The van der Waals surface area contributed by atoms with Gasteiger partial charge in [0.15, 0.2) is 11.5 Å². The van der Waals surface area contributed by atoms with Crippen molar-refractivity contribution in [1.29, 1.82) is 0 Å². The lowest BCUT2D eigenvalue weighted by Crippen LogP contribution is -2.34. The van der Waals surface area contributed by atoms with E-state index >= 15 is 0 Å². The maximum Gasteiger partial charge on any atom is 0.214 e. The van der Waals surface area contributed by atoms with Crippen molar-refractivity contribution in [2.45, 2.75) is 18.7 Å². The van der Waals surface area contributed by atoms with Gasteiger partial charge in [0.1, 0.15) is 5.75 Å². The van der Waals surface area contributed by atoms with Gasteiger partial charge in [-0.3, -0.25) is 0 Å². The predicted molar refractivity (Wildman–Crippen MR) is 125 cm³/mol. The second-order valence-corrected chi connectivity index (χ2v) is 9.73. The van der Waals surface area contributed by atoms with Gasteiger partial charge in [-0.25, -0.2) is 5.01 Å². The van der Waals surface area contributed by atoms with Gasteiger partial charge in [0.05, 0.1) is 35.3 Å². The lowest BCUT2D eigenvalue weighted by molar-refractivity contribution is -0.0198. The molecule has 3 aromatic rings. The highest BCUT2D eigenvalue weighted by Gasteiger charge is 2.42. The molecule has 0 bridgehead atoms. The lowest BCUT2D eigenvalue weighted by Gasteiger charge is -2.38. The molecule has 2 aliphatic heterocycles. The van der Waals surface area contributed by atoms with Crippen LogP contribution in [0.3, 0.4) is 0 Å². The normalized spacial score (nSPS) is 19.6. The fourth-order valence-electron chi connectivity index (χ4n) is 3.93. The smallest absolute Gasteiger partial charge is 0.214 e. The molecule has 0 saturated heterocycles. The van der Waals surface area contributed by atoms with Crippen molar-refractivity contribution in [3.05, 3.63) is 72.8 Å². The minimum absolute atomic E-state index is 0.0812. The Balaban J connectivity index is 1.63. The van der Waals surface area contributed by atoms with Crippen LogP contribution in [0.25, 0.3) is 0 Å². The molecule has 2 aromatic carbocycles. The number of ether oxygens (including phenoxy) is 3. The van der Waals surface area contributed by atoms with Gasteiger partial charge in [-0.15, -0.1) is 11.3 Å². The molecule has 0 spiro atoms. The van der Waals surface area contributed by atoms with Crippen LogP contribution < -0.4 is 14.2 Å². The van der Waals surface area contributed by atoms with E-state index in [2.05, 4.69) is 60.4 Å². The quantitative estimate of drug-likeness (QED) is 0.371. The van der Waals surface area contributed by atoms with Gasteiger partial charge in [-0.05, 0) is 57.7 Å². The summed E-state index contributed by atoms with van der Waals surface area (Å²) in [4.78, 5) is 1.19. The number of nitrogens with zero attached hydrogens (tertiary/aromatic N) is 2. The van der Waals surface area contributed by atoms with Crippen molar-refractivity contribution in [1.82, 2.24) is 5.01 Å². The summed E-state index contributed by atoms with van der Waals surface area (Å²) in [6.45, 7) is 0. The second kappa shape index (κ2) is 7.90. The Morgan fingerprint density at radius 2 is 1.93 bits per heavy atom. The molecule has 2 atom stereocenters. The molecule has 0 saturated carbocycles. The molecule has 5 rings (SSSR count). The first-order valence-corrected chi connectivity index (χ1v) is 11.8. The number of fused-ring (bicyclic) bond motifs is 3. The molecule has 0 radical (unpaired) electrons. The predicted octanol–water partition coefficient (Wildman–Crippen LogP) is 6.53. The Morgan fingerprint density at radius 3 is 2.67 bits per heavy atom. The minimum atomic E-state index is -0.378. The van der Waals surface area contributed by atoms with Crippen molar-refractivity contribution in [2.75, 3.05) is 14.2 Å². The Kier molecular flexibility index (Phi) is 5.24. The van der Waals surface area contributed by atoms with Gasteiger partial charge < -0.3 is 14.2 Å². The Morgan fingerprint density at radius 1 is 1.10 bits per heavy atom. The zero-order valence-corrected chi connectivity index (χ0v) is 20.3. The van der Waals surface area contributed by atoms with Crippen LogP contribution in [0.5, 0.6) is 17.2 Å². The summed E-state index contributed by atoms with van der Waals surface area (Å²) in [5, 5.41) is 9.15. The molecule has 154 valence electrons. The van der Waals surface area contributed by atoms with Crippen molar-refractivity contribution >= 4 is 48.9 Å². The average Bonchev–Trinajstić information content (AvgIpc) is 3.42. The van der Waals surface area contributed by atoms with Crippen LogP contribution in [0.4, 0.5) is 0 Å². The van der Waals surface area contributed by atoms with E-state index in [0.29, 0.717) is 11.5 Å². The summed E-state index contributed by atoms with van der Waals surface area (Å²) in [5.41, 5.74) is 3.14. The number of hydrogen-bond donors (Lipinski definition) is 0. The van der Waals surface area contributed by atoms with Gasteiger partial charge in [0.2, 0.25) is 6.23 Å². The van der Waals surface area contributed by atoms with Gasteiger partial charge in [0.25, 0.3) is 0 Å². The number of hydrogen-bond acceptors (Lipinski definition) is 6. The van der Waals surface area contributed by atoms with E-state index in [4.69, 9.17) is 19.3 Å². The van der Waals surface area contributed by atoms with Gasteiger partial charge in [-0.2, -0.15) is 5.10 Å². The number of benzene rings is 2. The molecule has 0 fully saturated rings. The molecule has 3 heterocycles. The molecule has 5 nitrogen and oxygen atoms in total. The van der Waals surface area contributed by atoms with E-state index < -0.39 is 0 Å². The maximum atomic E-state index is 6.51. The summed E-state index contributed by atoms with van der Waals surface area (Å²) < 4.78 is 19.4. The van der Waals surface area contributed by atoms with Gasteiger partial charge >= 0.3 is 0 Å². The number of methoxy groups -OCH3 is 2. The van der Waals surface area contributed by atoms with Crippen LogP contribution >= 0.6 is 43.2 Å². The van der Waals surface area contributed by atoms with Crippen molar-refractivity contribution in [3.63, 3.8) is 0 Å². The van der Waals surface area contributed by atoms with Gasteiger partial charge in [0, 0.05) is 22.0 Å². The third-order valence-corrected chi connectivity index (χ3v) is 7.27. The Bertz CT molecular complexity index is 1130. The number of thiophene rings is 1. The highest BCUT2D eigenvalue weighted by molar-refractivity contribution is 9.11. The molecule has 1 aromatic heterocycles. The molecule has 0 aliphatic carbocycles. The van der Waals surface area contributed by atoms with E-state index in [1.165, 1.54) is 4.88 Å². The number of hydrazone groups is 1. The largest absolute Gasteiger partial charge is 0.493 e. The third-order valence-electron chi connectivity index (χ3n) is 5.31. The van der Waals surface area contributed by atoms with Crippen LogP contribution in [-0.4, -0.2) is 24.9 Å². The lowest BCUT2D eigenvalue weighted by atomic mass is 9.97. The fourth-order valence-corrected chi connectivity index (χ4v) is 6.01. The van der Waals surface area contributed by atoms with Crippen LogP contribution in [0.1, 0.15) is 34.7 Å². The van der Waals surface area contributed by atoms with E-state index in [1.54, 1.807) is 25.6 Å². The Hall–Kier alpha value is -2.03. The second-order valence-electron chi connectivity index (χ2n) is 7.01. The zero-order valence-electron chi connectivity index (χ0n) is 16.3. The van der Waals surface area contributed by atoms with E-state index in [9.17, 15) is 0 Å². The van der Waals surface area contributed by atoms with E-state index in [0.717, 1.165) is 38.0 Å². The SMILES string of the molecule is COc1ccc([C@@H]2Oc3c(Br)cc(Br)cc3[C@H]3CC(c4cccs4)=NN32)cc1OC. The van der Waals surface area contributed by atoms with Crippen molar-refractivity contribution < 1.29 is 14.2 Å².